The van der Waals surface area contributed by atoms with E-state index in [2.05, 4.69) is 32.3 Å². The number of rotatable bonds is 4. The van der Waals surface area contributed by atoms with Crippen LogP contribution in [0, 0.1) is 0 Å². The van der Waals surface area contributed by atoms with E-state index in [1.165, 1.54) is 10.7 Å². The lowest BCUT2D eigenvalue weighted by molar-refractivity contribution is -0.0192. The molecule has 20 heavy (non-hydrogen) atoms. The van der Waals surface area contributed by atoms with Crippen molar-refractivity contribution in [2.24, 2.45) is 0 Å². The van der Waals surface area contributed by atoms with Crippen LogP contribution in [-0.2, 0) is 4.74 Å². The number of hydrogen-bond donors (Lipinski definition) is 2. The van der Waals surface area contributed by atoms with E-state index < -0.39 is 0 Å². The normalized spacial score (nSPS) is 20.4. The van der Waals surface area contributed by atoms with Gasteiger partial charge in [-0.25, -0.2) is 19.3 Å². The number of aromatic amines is 1. The van der Waals surface area contributed by atoms with Crippen LogP contribution in [0.5, 0.6) is 0 Å². The third-order valence-electron chi connectivity index (χ3n) is 3.49. The maximum absolute atomic E-state index is 11.3. The molecular weight excluding hydrogens is 260 g/mol. The Bertz CT molecular complexity index is 636. The van der Waals surface area contributed by atoms with E-state index in [1.807, 2.05) is 0 Å². The Kier molecular flexibility index (Phi) is 3.66. The van der Waals surface area contributed by atoms with Gasteiger partial charge in [0.25, 0.3) is 0 Å². The van der Waals surface area contributed by atoms with Gasteiger partial charge in [-0.3, -0.25) is 4.90 Å². The van der Waals surface area contributed by atoms with Crippen molar-refractivity contribution < 1.29 is 4.74 Å². The molecule has 0 bridgehead atoms. The van der Waals surface area contributed by atoms with E-state index in [-0.39, 0.29) is 11.8 Å². The van der Waals surface area contributed by atoms with Crippen LogP contribution in [0.1, 0.15) is 6.92 Å². The number of morpholine rings is 1. The first kappa shape index (κ1) is 13.1. The molecule has 1 aliphatic heterocycles. The molecule has 1 unspecified atom stereocenters. The number of likely N-dealkylation sites (N-methyl/N-ethyl adjacent to an activating group) is 1. The second-order valence-corrected chi connectivity index (χ2v) is 4.80. The first-order valence-corrected chi connectivity index (χ1v) is 6.77. The first-order valence-electron chi connectivity index (χ1n) is 6.77. The standard InChI is InChI=1S/C12H18N6O2/c1-2-17-3-4-20-9(7-17)6-13-10-5-11-15-16-12(19)18(11)8-14-10/h5,8-9,13H,2-4,6-7H2,1H3,(H,16,19). The highest BCUT2D eigenvalue weighted by molar-refractivity contribution is 5.48. The Morgan fingerprint density at radius 2 is 2.50 bits per heavy atom. The number of ether oxygens (including phenoxy) is 1. The summed E-state index contributed by atoms with van der Waals surface area (Å²) in [5.74, 6) is 0.689. The molecule has 0 saturated carbocycles. The highest BCUT2D eigenvalue weighted by atomic mass is 16.5. The van der Waals surface area contributed by atoms with Crippen molar-refractivity contribution in [2.45, 2.75) is 13.0 Å². The highest BCUT2D eigenvalue weighted by Crippen LogP contribution is 2.08. The minimum Gasteiger partial charge on any atom is -0.374 e. The van der Waals surface area contributed by atoms with E-state index in [9.17, 15) is 4.79 Å². The average Bonchev–Trinajstić information content (AvgIpc) is 2.86. The third kappa shape index (κ3) is 2.66. The quantitative estimate of drug-likeness (QED) is 0.787. The molecule has 0 aliphatic carbocycles. The van der Waals surface area contributed by atoms with Gasteiger partial charge in [-0.15, -0.1) is 0 Å². The van der Waals surface area contributed by atoms with Gasteiger partial charge in [0.1, 0.15) is 12.1 Å². The summed E-state index contributed by atoms with van der Waals surface area (Å²) in [6.45, 7) is 6.57. The molecule has 108 valence electrons. The van der Waals surface area contributed by atoms with E-state index in [4.69, 9.17) is 4.74 Å². The lowest BCUT2D eigenvalue weighted by Crippen LogP contribution is -2.45. The predicted molar refractivity (Wildman–Crippen MR) is 74.0 cm³/mol. The van der Waals surface area contributed by atoms with Crippen molar-refractivity contribution in [3.05, 3.63) is 22.9 Å². The fourth-order valence-electron chi connectivity index (χ4n) is 2.32. The van der Waals surface area contributed by atoms with Gasteiger partial charge in [-0.1, -0.05) is 6.92 Å². The summed E-state index contributed by atoms with van der Waals surface area (Å²) in [4.78, 5) is 17.9. The largest absolute Gasteiger partial charge is 0.374 e. The van der Waals surface area contributed by atoms with Crippen molar-refractivity contribution in [3.63, 3.8) is 0 Å². The minimum atomic E-state index is -0.284. The van der Waals surface area contributed by atoms with E-state index >= 15 is 0 Å². The molecule has 3 heterocycles. The van der Waals surface area contributed by atoms with Crippen LogP contribution in [-0.4, -0.2) is 63.4 Å². The lowest BCUT2D eigenvalue weighted by atomic mass is 10.2. The number of hydrogen-bond acceptors (Lipinski definition) is 6. The van der Waals surface area contributed by atoms with Crippen LogP contribution in [0.2, 0.25) is 0 Å². The van der Waals surface area contributed by atoms with E-state index in [0.717, 1.165) is 26.2 Å². The summed E-state index contributed by atoms with van der Waals surface area (Å²) < 4.78 is 7.08. The van der Waals surface area contributed by atoms with Crippen LogP contribution in [0.4, 0.5) is 5.82 Å². The van der Waals surface area contributed by atoms with Crippen LogP contribution >= 0.6 is 0 Å². The van der Waals surface area contributed by atoms with E-state index in [1.54, 1.807) is 6.07 Å². The number of aromatic nitrogens is 4. The number of H-pyrrole nitrogens is 1. The summed E-state index contributed by atoms with van der Waals surface area (Å²) in [6.07, 6.45) is 1.62. The molecule has 1 saturated heterocycles. The molecule has 2 aromatic heterocycles. The molecule has 2 aromatic rings. The maximum atomic E-state index is 11.3. The molecule has 2 N–H and O–H groups in total. The van der Waals surface area contributed by atoms with Crippen molar-refractivity contribution >= 4 is 11.5 Å². The Morgan fingerprint density at radius 3 is 3.35 bits per heavy atom. The number of fused-ring (bicyclic) bond motifs is 1. The molecule has 0 spiro atoms. The van der Waals surface area contributed by atoms with Crippen molar-refractivity contribution in [1.82, 2.24) is 24.5 Å². The summed E-state index contributed by atoms with van der Waals surface area (Å²) in [7, 11) is 0. The van der Waals surface area contributed by atoms with E-state index in [0.29, 0.717) is 18.0 Å². The molecule has 3 rings (SSSR count). The lowest BCUT2D eigenvalue weighted by Gasteiger charge is -2.32. The first-order chi connectivity index (χ1) is 9.76. The van der Waals surface area contributed by atoms with Crippen molar-refractivity contribution in [2.75, 3.05) is 38.1 Å². The molecule has 8 nitrogen and oxygen atoms in total. The van der Waals surface area contributed by atoms with Crippen LogP contribution in [0.15, 0.2) is 17.2 Å². The second-order valence-electron chi connectivity index (χ2n) is 4.80. The molecule has 1 fully saturated rings. The fourth-order valence-corrected chi connectivity index (χ4v) is 2.32. The van der Waals surface area contributed by atoms with Crippen LogP contribution in [0.25, 0.3) is 5.65 Å². The van der Waals surface area contributed by atoms with Crippen LogP contribution in [0.3, 0.4) is 0 Å². The zero-order chi connectivity index (χ0) is 13.9. The van der Waals surface area contributed by atoms with Gasteiger partial charge in [0.15, 0.2) is 5.65 Å². The summed E-state index contributed by atoms with van der Waals surface area (Å²) in [5, 5.41) is 9.51. The maximum Gasteiger partial charge on any atom is 0.348 e. The Balaban J connectivity index is 1.63. The third-order valence-corrected chi connectivity index (χ3v) is 3.49. The minimum absolute atomic E-state index is 0.156. The Hall–Kier alpha value is -1.93. The predicted octanol–water partition coefficient (Wildman–Crippen LogP) is -0.450. The summed E-state index contributed by atoms with van der Waals surface area (Å²) >= 11 is 0. The van der Waals surface area contributed by atoms with Gasteiger partial charge in [-0.05, 0) is 6.54 Å². The SMILES string of the molecule is CCN1CCOC(CNc2cc3n[nH]c(=O)n3cn2)C1. The number of nitrogens with one attached hydrogen (secondary N) is 2. The summed E-state index contributed by atoms with van der Waals surface area (Å²) in [5.41, 5.74) is 0.264. The zero-order valence-corrected chi connectivity index (χ0v) is 11.4. The Labute approximate surface area is 115 Å². The van der Waals surface area contributed by atoms with Crippen LogP contribution < -0.4 is 11.0 Å². The highest BCUT2D eigenvalue weighted by Gasteiger charge is 2.19. The second kappa shape index (κ2) is 5.59. The van der Waals surface area contributed by atoms with Gasteiger partial charge in [0.05, 0.1) is 12.7 Å². The Morgan fingerprint density at radius 1 is 1.60 bits per heavy atom. The number of nitrogens with zero attached hydrogens (tertiary/aromatic N) is 4. The summed E-state index contributed by atoms with van der Waals surface area (Å²) in [6, 6.07) is 1.73. The molecule has 8 heteroatoms. The molecule has 0 amide bonds. The number of anilines is 1. The van der Waals surface area contributed by atoms with Crippen molar-refractivity contribution in [1.29, 1.82) is 0 Å². The monoisotopic (exact) mass is 278 g/mol. The molecule has 0 radical (unpaired) electrons. The van der Waals surface area contributed by atoms with Gasteiger partial charge in [-0.2, -0.15) is 5.10 Å². The molecular formula is C12H18N6O2. The fraction of sp³-hybridized carbons (Fsp3) is 0.583. The van der Waals surface area contributed by atoms with Gasteiger partial charge in [0, 0.05) is 25.7 Å². The average molecular weight is 278 g/mol. The molecule has 0 aromatic carbocycles. The van der Waals surface area contributed by atoms with Gasteiger partial charge >= 0.3 is 5.69 Å². The van der Waals surface area contributed by atoms with Crippen molar-refractivity contribution in [3.8, 4) is 0 Å². The van der Waals surface area contributed by atoms with Gasteiger partial charge < -0.3 is 10.1 Å². The van der Waals surface area contributed by atoms with Gasteiger partial charge in [0.2, 0.25) is 0 Å². The zero-order valence-electron chi connectivity index (χ0n) is 11.4. The molecule has 1 aliphatic rings. The smallest absolute Gasteiger partial charge is 0.348 e. The topological polar surface area (TPSA) is 87.5 Å². The molecule has 1 atom stereocenters.